The number of sulfonamides is 1. The van der Waals surface area contributed by atoms with Gasteiger partial charge >= 0.3 is 0 Å². The Morgan fingerprint density at radius 3 is 2.09 bits per heavy atom. The van der Waals surface area contributed by atoms with Crippen LogP contribution in [0.4, 0.5) is 0 Å². The van der Waals surface area contributed by atoms with E-state index in [9.17, 15) is 23.1 Å². The van der Waals surface area contributed by atoms with Gasteiger partial charge in [0.25, 0.3) is 11.8 Å². The first kappa shape index (κ1) is 24.5. The summed E-state index contributed by atoms with van der Waals surface area (Å²) >= 11 is 0. The molecule has 0 saturated carbocycles. The summed E-state index contributed by atoms with van der Waals surface area (Å²) < 4.78 is 33.5. The molecule has 0 bridgehead atoms. The number of hydrogen-bond donors (Lipinski definition) is 2. The Kier molecular flexibility index (Phi) is 6.99. The third-order valence-electron chi connectivity index (χ3n) is 5.13. The van der Waals surface area contributed by atoms with E-state index in [1.54, 1.807) is 48.8 Å². The average molecular weight is 476 g/mol. The predicted octanol–water partition coefficient (Wildman–Crippen LogP) is 2.08. The number of nitrogens with one attached hydrogen (secondary N) is 1. The number of methoxy groups -OCH3 is 1. The predicted molar refractivity (Wildman–Crippen MR) is 123 cm³/mol. The van der Waals surface area contributed by atoms with E-state index in [1.165, 1.54) is 31.4 Å². The molecule has 1 aliphatic rings. The van der Waals surface area contributed by atoms with Crippen molar-refractivity contribution in [3.63, 3.8) is 0 Å². The van der Waals surface area contributed by atoms with Crippen molar-refractivity contribution in [3.8, 4) is 11.5 Å². The summed E-state index contributed by atoms with van der Waals surface area (Å²) in [6.07, 6.45) is 0. The van der Waals surface area contributed by atoms with Crippen LogP contribution in [0.1, 0.15) is 41.5 Å². The molecule has 2 amide bonds. The van der Waals surface area contributed by atoms with Crippen molar-refractivity contribution in [1.29, 1.82) is 0 Å². The number of ether oxygens (including phenoxy) is 1. The molecule has 1 heterocycles. The Morgan fingerprint density at radius 1 is 0.970 bits per heavy atom. The average Bonchev–Trinajstić information content (AvgIpc) is 2.76. The first-order valence-electron chi connectivity index (χ1n) is 10.5. The van der Waals surface area contributed by atoms with E-state index in [0.29, 0.717) is 13.1 Å². The molecule has 2 aromatic rings. The van der Waals surface area contributed by atoms with E-state index in [0.717, 1.165) is 0 Å². The molecule has 0 aromatic heterocycles. The van der Waals surface area contributed by atoms with Gasteiger partial charge in [0.2, 0.25) is 10.0 Å². The van der Waals surface area contributed by atoms with Gasteiger partial charge in [-0.3, -0.25) is 9.59 Å². The zero-order valence-electron chi connectivity index (χ0n) is 19.2. The van der Waals surface area contributed by atoms with Crippen LogP contribution in [0.3, 0.4) is 0 Å². The number of phenols is 1. The van der Waals surface area contributed by atoms with E-state index in [4.69, 9.17) is 4.74 Å². The van der Waals surface area contributed by atoms with Gasteiger partial charge in [0.05, 0.1) is 12.7 Å². The number of piperazine rings is 1. The fourth-order valence-electron chi connectivity index (χ4n) is 3.60. The minimum atomic E-state index is -3.92. The summed E-state index contributed by atoms with van der Waals surface area (Å²) in [5, 5.41) is 9.93. The lowest BCUT2D eigenvalue weighted by Crippen LogP contribution is -2.50. The molecule has 1 saturated heterocycles. The Balaban J connectivity index is 1.76. The number of carbonyl (C=O) groups is 2. The van der Waals surface area contributed by atoms with Gasteiger partial charge < -0.3 is 19.6 Å². The van der Waals surface area contributed by atoms with Crippen LogP contribution in [0.25, 0.3) is 0 Å². The van der Waals surface area contributed by atoms with Crippen molar-refractivity contribution in [2.75, 3.05) is 33.3 Å². The molecular weight excluding hydrogens is 446 g/mol. The molecule has 0 spiro atoms. The van der Waals surface area contributed by atoms with Crippen LogP contribution in [0.5, 0.6) is 11.5 Å². The molecule has 9 nitrogen and oxygen atoms in total. The SMILES string of the molecule is COc1ccc(C(=O)N2CCN(C(=O)c3ccccc3O)CC2)cc1S(=O)(=O)NC(C)(C)C. The molecule has 1 aliphatic heterocycles. The molecule has 0 aliphatic carbocycles. The molecule has 3 rings (SSSR count). The van der Waals surface area contributed by atoms with Crippen LogP contribution in [0.2, 0.25) is 0 Å². The van der Waals surface area contributed by atoms with Crippen LogP contribution in [-0.4, -0.2) is 74.0 Å². The third-order valence-corrected chi connectivity index (χ3v) is 6.91. The smallest absolute Gasteiger partial charge is 0.257 e. The summed E-state index contributed by atoms with van der Waals surface area (Å²) in [5.74, 6) is -0.580. The highest BCUT2D eigenvalue weighted by molar-refractivity contribution is 7.89. The highest BCUT2D eigenvalue weighted by Gasteiger charge is 2.29. The number of aromatic hydroxyl groups is 1. The lowest BCUT2D eigenvalue weighted by atomic mass is 10.1. The maximum absolute atomic E-state index is 13.1. The Bertz CT molecular complexity index is 1150. The van der Waals surface area contributed by atoms with Crippen LogP contribution in [0.15, 0.2) is 47.4 Å². The van der Waals surface area contributed by atoms with E-state index >= 15 is 0 Å². The Hall–Kier alpha value is -3.11. The van der Waals surface area contributed by atoms with Crippen molar-refractivity contribution >= 4 is 21.8 Å². The second kappa shape index (κ2) is 9.40. The third kappa shape index (κ3) is 5.63. The van der Waals surface area contributed by atoms with Gasteiger partial charge in [-0.1, -0.05) is 12.1 Å². The zero-order chi connectivity index (χ0) is 24.4. The molecule has 178 valence electrons. The van der Waals surface area contributed by atoms with Crippen LogP contribution in [-0.2, 0) is 10.0 Å². The lowest BCUT2D eigenvalue weighted by Gasteiger charge is -2.35. The first-order valence-corrected chi connectivity index (χ1v) is 12.0. The topological polar surface area (TPSA) is 116 Å². The van der Waals surface area contributed by atoms with Crippen molar-refractivity contribution in [2.45, 2.75) is 31.2 Å². The largest absolute Gasteiger partial charge is 0.507 e. The summed E-state index contributed by atoms with van der Waals surface area (Å²) in [6.45, 7) is 6.34. The quantitative estimate of drug-likeness (QED) is 0.684. The van der Waals surface area contributed by atoms with Crippen molar-refractivity contribution in [1.82, 2.24) is 14.5 Å². The first-order chi connectivity index (χ1) is 15.4. The summed E-state index contributed by atoms with van der Waals surface area (Å²) in [7, 11) is -2.56. The highest BCUT2D eigenvalue weighted by atomic mass is 32.2. The van der Waals surface area contributed by atoms with Crippen LogP contribution in [0, 0.1) is 0 Å². The van der Waals surface area contributed by atoms with Gasteiger partial charge in [0.15, 0.2) is 0 Å². The number of nitrogens with zero attached hydrogens (tertiary/aromatic N) is 2. The van der Waals surface area contributed by atoms with Crippen LogP contribution < -0.4 is 9.46 Å². The molecule has 10 heteroatoms. The van der Waals surface area contributed by atoms with E-state index in [1.807, 2.05) is 0 Å². The van der Waals surface area contributed by atoms with Crippen molar-refractivity contribution in [2.24, 2.45) is 0 Å². The minimum Gasteiger partial charge on any atom is -0.507 e. The van der Waals surface area contributed by atoms with Gasteiger partial charge in [0.1, 0.15) is 16.4 Å². The maximum atomic E-state index is 13.1. The fourth-order valence-corrected chi connectivity index (χ4v) is 5.21. The molecular formula is C23H29N3O6S. The highest BCUT2D eigenvalue weighted by Crippen LogP contribution is 2.27. The number of benzene rings is 2. The van der Waals surface area contributed by atoms with Crippen LogP contribution >= 0.6 is 0 Å². The van der Waals surface area contributed by atoms with Gasteiger partial charge in [-0.25, -0.2) is 13.1 Å². The Morgan fingerprint density at radius 2 is 1.55 bits per heavy atom. The van der Waals surface area contributed by atoms with Crippen molar-refractivity contribution < 1.29 is 27.9 Å². The van der Waals surface area contributed by atoms with Gasteiger partial charge in [-0.2, -0.15) is 0 Å². The van der Waals surface area contributed by atoms with Gasteiger partial charge in [-0.15, -0.1) is 0 Å². The molecule has 0 unspecified atom stereocenters. The normalized spacial score (nSPS) is 14.8. The van der Waals surface area contributed by atoms with Crippen molar-refractivity contribution in [3.05, 3.63) is 53.6 Å². The number of rotatable bonds is 5. The Labute approximate surface area is 194 Å². The van der Waals surface area contributed by atoms with E-state index < -0.39 is 15.6 Å². The monoisotopic (exact) mass is 475 g/mol. The standard InChI is InChI=1S/C23H29N3O6S/c1-23(2,3)24-33(30,31)20-15-16(9-10-19(20)32-4)21(28)25-11-13-26(14-12-25)22(29)17-7-5-6-8-18(17)27/h5-10,15,24,27H,11-14H2,1-4H3. The molecule has 1 fully saturated rings. The molecule has 33 heavy (non-hydrogen) atoms. The lowest BCUT2D eigenvalue weighted by molar-refractivity contribution is 0.0533. The number of hydrogen-bond acceptors (Lipinski definition) is 6. The maximum Gasteiger partial charge on any atom is 0.257 e. The fraction of sp³-hybridized carbons (Fsp3) is 0.391. The van der Waals surface area contributed by atoms with E-state index in [-0.39, 0.29) is 52.4 Å². The number of phenolic OH excluding ortho intramolecular Hbond substituents is 1. The summed E-state index contributed by atoms with van der Waals surface area (Å²) in [4.78, 5) is 28.8. The molecule has 2 aromatic carbocycles. The zero-order valence-corrected chi connectivity index (χ0v) is 20.0. The summed E-state index contributed by atoms with van der Waals surface area (Å²) in [6, 6.07) is 10.6. The second-order valence-electron chi connectivity index (χ2n) is 8.82. The van der Waals surface area contributed by atoms with Gasteiger partial charge in [0, 0.05) is 37.3 Å². The molecule has 2 N–H and O–H groups in total. The summed E-state index contributed by atoms with van der Waals surface area (Å²) in [5.41, 5.74) is -0.279. The molecule has 0 atom stereocenters. The number of amides is 2. The number of para-hydroxylation sites is 1. The molecule has 0 radical (unpaired) electrons. The second-order valence-corrected chi connectivity index (χ2v) is 10.5. The van der Waals surface area contributed by atoms with Gasteiger partial charge in [-0.05, 0) is 51.1 Å². The number of carbonyl (C=O) groups excluding carboxylic acids is 2. The van der Waals surface area contributed by atoms with E-state index in [2.05, 4.69) is 4.72 Å². The minimum absolute atomic E-state index is 0.0863.